The number of hydrogen-bond donors (Lipinski definition) is 1. The van der Waals surface area contributed by atoms with Crippen molar-refractivity contribution < 1.29 is 9.53 Å². The zero-order valence-electron chi connectivity index (χ0n) is 11.8. The summed E-state index contributed by atoms with van der Waals surface area (Å²) in [5.74, 6) is -0.158. The lowest BCUT2D eigenvalue weighted by molar-refractivity contribution is -0.143. The maximum Gasteiger partial charge on any atom is 0.307 e. The van der Waals surface area contributed by atoms with E-state index in [2.05, 4.69) is 19.2 Å². The molecular formula is C15H22ClNO2. The summed E-state index contributed by atoms with van der Waals surface area (Å²) in [5, 5.41) is 4.12. The van der Waals surface area contributed by atoms with Crippen LogP contribution >= 0.6 is 11.6 Å². The molecule has 0 saturated heterocycles. The van der Waals surface area contributed by atoms with Crippen molar-refractivity contribution in [3.05, 3.63) is 34.9 Å². The highest BCUT2D eigenvalue weighted by Gasteiger charge is 2.16. The summed E-state index contributed by atoms with van der Waals surface area (Å²) < 4.78 is 5.01. The molecule has 1 N–H and O–H groups in total. The fourth-order valence-corrected chi connectivity index (χ4v) is 2.11. The van der Waals surface area contributed by atoms with Gasteiger partial charge in [0.05, 0.1) is 13.0 Å². The third-order valence-corrected chi connectivity index (χ3v) is 2.93. The van der Waals surface area contributed by atoms with E-state index in [9.17, 15) is 4.79 Å². The summed E-state index contributed by atoms with van der Waals surface area (Å²) in [6, 6.07) is 8.12. The molecule has 0 radical (unpaired) electrons. The summed E-state index contributed by atoms with van der Waals surface area (Å²) in [6.07, 6.45) is 1.17. The van der Waals surface area contributed by atoms with Gasteiger partial charge in [-0.2, -0.15) is 0 Å². The van der Waals surface area contributed by atoms with Gasteiger partial charge in [0.25, 0.3) is 0 Å². The number of carbonyl (C=O) groups excluding carboxylic acids is 1. The van der Waals surface area contributed by atoms with E-state index in [0.717, 1.165) is 17.0 Å². The predicted molar refractivity (Wildman–Crippen MR) is 78.5 cm³/mol. The molecule has 1 rings (SSSR count). The minimum atomic E-state index is -0.158. The Kier molecular flexibility index (Phi) is 6.89. The van der Waals surface area contributed by atoms with E-state index in [4.69, 9.17) is 16.3 Å². The van der Waals surface area contributed by atoms with Gasteiger partial charge in [-0.15, -0.1) is 0 Å². The molecule has 1 aromatic carbocycles. The molecule has 0 aliphatic heterocycles. The molecule has 1 atom stereocenters. The van der Waals surface area contributed by atoms with Gasteiger partial charge in [-0.05, 0) is 31.0 Å². The van der Waals surface area contributed by atoms with Crippen LogP contribution in [0, 0.1) is 0 Å². The lowest BCUT2D eigenvalue weighted by Gasteiger charge is -2.20. The first-order chi connectivity index (χ1) is 9.01. The number of carbonyl (C=O) groups is 1. The normalized spacial score (nSPS) is 12.5. The number of hydrogen-bond acceptors (Lipinski definition) is 3. The van der Waals surface area contributed by atoms with Gasteiger partial charge in [0.15, 0.2) is 0 Å². The molecule has 19 heavy (non-hydrogen) atoms. The van der Waals surface area contributed by atoms with E-state index in [-0.39, 0.29) is 12.0 Å². The molecule has 0 amide bonds. The molecule has 3 nitrogen and oxygen atoms in total. The molecule has 0 spiro atoms. The van der Waals surface area contributed by atoms with Crippen LogP contribution in [0.4, 0.5) is 0 Å². The third kappa shape index (κ3) is 6.60. The minimum absolute atomic E-state index is 0.0835. The summed E-state index contributed by atoms with van der Waals surface area (Å²) in [4.78, 5) is 11.6. The second-order valence-corrected chi connectivity index (χ2v) is 5.29. The van der Waals surface area contributed by atoms with Crippen molar-refractivity contribution in [2.45, 2.75) is 45.7 Å². The average molecular weight is 284 g/mol. The highest BCUT2D eigenvalue weighted by molar-refractivity contribution is 6.30. The van der Waals surface area contributed by atoms with E-state index in [1.807, 2.05) is 31.2 Å². The summed E-state index contributed by atoms with van der Waals surface area (Å²) >= 11 is 5.87. The Morgan fingerprint density at radius 1 is 1.32 bits per heavy atom. The molecule has 1 aromatic rings. The molecule has 1 unspecified atom stereocenters. The van der Waals surface area contributed by atoms with Crippen LogP contribution in [0.1, 0.15) is 32.8 Å². The monoisotopic (exact) mass is 283 g/mol. The van der Waals surface area contributed by atoms with Crippen molar-refractivity contribution >= 4 is 17.6 Å². The molecule has 0 aliphatic carbocycles. The fraction of sp³-hybridized carbons (Fsp3) is 0.533. The van der Waals surface area contributed by atoms with Crippen LogP contribution in [0.15, 0.2) is 24.3 Å². The largest absolute Gasteiger partial charge is 0.466 e. The first-order valence-electron chi connectivity index (χ1n) is 6.67. The van der Waals surface area contributed by atoms with E-state index in [1.165, 1.54) is 0 Å². The van der Waals surface area contributed by atoms with Crippen LogP contribution in [-0.2, 0) is 16.0 Å². The van der Waals surface area contributed by atoms with Crippen molar-refractivity contribution in [2.24, 2.45) is 0 Å². The fourth-order valence-electron chi connectivity index (χ4n) is 1.99. The third-order valence-electron chi connectivity index (χ3n) is 2.68. The van der Waals surface area contributed by atoms with Crippen LogP contribution in [0.5, 0.6) is 0 Å². The number of nitrogens with one attached hydrogen (secondary N) is 1. The number of rotatable bonds is 7. The number of ether oxygens (including phenoxy) is 1. The first-order valence-corrected chi connectivity index (χ1v) is 7.05. The van der Waals surface area contributed by atoms with Gasteiger partial charge in [-0.3, -0.25) is 4.79 Å². The second kappa shape index (κ2) is 8.18. The van der Waals surface area contributed by atoms with E-state index >= 15 is 0 Å². The zero-order chi connectivity index (χ0) is 14.3. The van der Waals surface area contributed by atoms with Crippen LogP contribution in [0.25, 0.3) is 0 Å². The molecule has 0 aliphatic rings. The summed E-state index contributed by atoms with van der Waals surface area (Å²) in [6.45, 7) is 6.39. The van der Waals surface area contributed by atoms with Crippen LogP contribution in [-0.4, -0.2) is 24.7 Å². The quantitative estimate of drug-likeness (QED) is 0.781. The highest BCUT2D eigenvalue weighted by atomic mass is 35.5. The molecule has 0 heterocycles. The Hall–Kier alpha value is -1.06. The van der Waals surface area contributed by atoms with Gasteiger partial charge in [0.2, 0.25) is 0 Å². The lowest BCUT2D eigenvalue weighted by atomic mass is 10.0. The second-order valence-electron chi connectivity index (χ2n) is 4.86. The predicted octanol–water partition coefficient (Wildman–Crippen LogP) is 3.20. The minimum Gasteiger partial charge on any atom is -0.466 e. The standard InChI is InChI=1S/C15H22ClNO2/c1-4-19-15(18)10-14(17-11(2)3)9-12-5-7-13(16)8-6-12/h5-8,11,14,17H,4,9-10H2,1-3H3. The SMILES string of the molecule is CCOC(=O)CC(Cc1ccc(Cl)cc1)NC(C)C. The Morgan fingerprint density at radius 3 is 2.47 bits per heavy atom. The Labute approximate surface area is 120 Å². The molecule has 106 valence electrons. The number of benzene rings is 1. The van der Waals surface area contributed by atoms with E-state index in [0.29, 0.717) is 19.1 Å². The van der Waals surface area contributed by atoms with Crippen LogP contribution in [0.3, 0.4) is 0 Å². The lowest BCUT2D eigenvalue weighted by Crippen LogP contribution is -2.38. The molecule has 0 fully saturated rings. The Bertz CT molecular complexity index is 390. The van der Waals surface area contributed by atoms with Crippen molar-refractivity contribution in [2.75, 3.05) is 6.61 Å². The zero-order valence-corrected chi connectivity index (χ0v) is 12.5. The van der Waals surface area contributed by atoms with Crippen molar-refractivity contribution in [3.63, 3.8) is 0 Å². The van der Waals surface area contributed by atoms with Gasteiger partial charge in [-0.25, -0.2) is 0 Å². The Balaban J connectivity index is 2.63. The van der Waals surface area contributed by atoms with E-state index < -0.39 is 0 Å². The smallest absolute Gasteiger partial charge is 0.307 e. The number of esters is 1. The van der Waals surface area contributed by atoms with Crippen LogP contribution < -0.4 is 5.32 Å². The number of halogens is 1. The summed E-state index contributed by atoms with van der Waals surface area (Å²) in [5.41, 5.74) is 1.16. The van der Waals surface area contributed by atoms with Crippen LogP contribution in [0.2, 0.25) is 5.02 Å². The van der Waals surface area contributed by atoms with Crippen molar-refractivity contribution in [1.29, 1.82) is 0 Å². The van der Waals surface area contributed by atoms with Gasteiger partial charge in [-0.1, -0.05) is 37.6 Å². The topological polar surface area (TPSA) is 38.3 Å². The van der Waals surface area contributed by atoms with Gasteiger partial charge in [0.1, 0.15) is 0 Å². The highest BCUT2D eigenvalue weighted by Crippen LogP contribution is 2.13. The van der Waals surface area contributed by atoms with Gasteiger partial charge in [0, 0.05) is 17.1 Å². The molecule has 0 aromatic heterocycles. The first kappa shape index (κ1) is 16.0. The van der Waals surface area contributed by atoms with Crippen molar-refractivity contribution in [1.82, 2.24) is 5.32 Å². The maximum atomic E-state index is 11.6. The van der Waals surface area contributed by atoms with E-state index in [1.54, 1.807) is 0 Å². The molecular weight excluding hydrogens is 262 g/mol. The molecule has 0 saturated carbocycles. The van der Waals surface area contributed by atoms with Crippen molar-refractivity contribution in [3.8, 4) is 0 Å². The summed E-state index contributed by atoms with van der Waals surface area (Å²) in [7, 11) is 0. The molecule has 0 bridgehead atoms. The maximum absolute atomic E-state index is 11.6. The van der Waals surface area contributed by atoms with Gasteiger partial charge < -0.3 is 10.1 Å². The average Bonchev–Trinajstić information content (AvgIpc) is 2.31. The Morgan fingerprint density at radius 2 is 1.95 bits per heavy atom. The van der Waals surface area contributed by atoms with Gasteiger partial charge >= 0.3 is 5.97 Å². The molecule has 4 heteroatoms.